The summed E-state index contributed by atoms with van der Waals surface area (Å²) < 4.78 is 2.27. The van der Waals surface area contributed by atoms with Crippen molar-refractivity contribution < 1.29 is 0 Å². The van der Waals surface area contributed by atoms with Crippen molar-refractivity contribution >= 4 is 0 Å². The minimum absolute atomic E-state index is 0.527. The Hall–Kier alpha value is -0.830. The molecule has 1 aromatic heterocycles. The summed E-state index contributed by atoms with van der Waals surface area (Å²) in [5, 5.41) is 3.44. The number of aryl methyl sites for hydroxylation is 1. The molecule has 0 radical (unpaired) electrons. The second kappa shape index (κ2) is 7.49. The van der Waals surface area contributed by atoms with Crippen LogP contribution in [-0.2, 0) is 13.1 Å². The Kier molecular flexibility index (Phi) is 6.27. The average molecular weight is 237 g/mol. The molecule has 0 aliphatic rings. The maximum absolute atomic E-state index is 4.24. The van der Waals surface area contributed by atoms with Gasteiger partial charge in [-0.1, -0.05) is 40.5 Å². The number of nitrogens with one attached hydrogen (secondary N) is 1. The van der Waals surface area contributed by atoms with Crippen LogP contribution < -0.4 is 5.32 Å². The third-order valence-corrected chi connectivity index (χ3v) is 2.92. The van der Waals surface area contributed by atoms with E-state index in [4.69, 9.17) is 0 Å². The second-order valence-electron chi connectivity index (χ2n) is 5.50. The summed E-state index contributed by atoms with van der Waals surface area (Å²) in [7, 11) is 0. The van der Waals surface area contributed by atoms with Crippen LogP contribution in [-0.4, -0.2) is 15.6 Å². The van der Waals surface area contributed by atoms with Gasteiger partial charge < -0.3 is 9.88 Å². The van der Waals surface area contributed by atoms with Gasteiger partial charge in [0.05, 0.1) is 12.0 Å². The maximum atomic E-state index is 4.24. The molecule has 1 aromatic rings. The molecule has 0 spiro atoms. The molecule has 1 rings (SSSR count). The van der Waals surface area contributed by atoms with E-state index in [2.05, 4.69) is 42.6 Å². The smallest absolute Gasteiger partial charge is 0.0948 e. The van der Waals surface area contributed by atoms with Crippen molar-refractivity contribution in [3.63, 3.8) is 0 Å². The lowest BCUT2D eigenvalue weighted by molar-refractivity contribution is 0.495. The summed E-state index contributed by atoms with van der Waals surface area (Å²) >= 11 is 0. The molecule has 3 heteroatoms. The molecule has 0 aliphatic heterocycles. The van der Waals surface area contributed by atoms with E-state index in [9.17, 15) is 0 Å². The van der Waals surface area contributed by atoms with Crippen molar-refractivity contribution in [1.29, 1.82) is 0 Å². The molecule has 0 unspecified atom stereocenters. The third kappa shape index (κ3) is 5.87. The lowest BCUT2D eigenvalue weighted by Crippen LogP contribution is -2.23. The molecule has 17 heavy (non-hydrogen) atoms. The van der Waals surface area contributed by atoms with E-state index in [-0.39, 0.29) is 0 Å². The van der Waals surface area contributed by atoms with Gasteiger partial charge in [-0.3, -0.25) is 0 Å². The quantitative estimate of drug-likeness (QED) is 0.704. The Morgan fingerprint density at radius 2 is 2.00 bits per heavy atom. The van der Waals surface area contributed by atoms with Gasteiger partial charge in [-0.05, 0) is 12.3 Å². The Balaban J connectivity index is 2.30. The van der Waals surface area contributed by atoms with Crippen LogP contribution >= 0.6 is 0 Å². The molecule has 3 nitrogen and oxygen atoms in total. The highest BCUT2D eigenvalue weighted by molar-refractivity contribution is 4.98. The average Bonchev–Trinajstić information content (AvgIpc) is 2.68. The van der Waals surface area contributed by atoms with Gasteiger partial charge in [-0.15, -0.1) is 0 Å². The van der Waals surface area contributed by atoms with E-state index in [1.807, 2.05) is 12.5 Å². The van der Waals surface area contributed by atoms with Gasteiger partial charge in [0.15, 0.2) is 0 Å². The first-order valence-electron chi connectivity index (χ1n) is 6.82. The van der Waals surface area contributed by atoms with Crippen molar-refractivity contribution in [3.05, 3.63) is 18.2 Å². The fourth-order valence-corrected chi connectivity index (χ4v) is 1.84. The van der Waals surface area contributed by atoms with Gasteiger partial charge in [0.2, 0.25) is 0 Å². The van der Waals surface area contributed by atoms with E-state index >= 15 is 0 Å². The van der Waals surface area contributed by atoms with Crippen molar-refractivity contribution in [2.45, 2.75) is 66.1 Å². The fourth-order valence-electron chi connectivity index (χ4n) is 1.84. The van der Waals surface area contributed by atoms with Crippen LogP contribution in [0.5, 0.6) is 0 Å². The monoisotopic (exact) mass is 237 g/mol. The predicted molar refractivity (Wildman–Crippen MR) is 72.9 cm³/mol. The predicted octanol–water partition coefficient (Wildman–Crippen LogP) is 3.21. The summed E-state index contributed by atoms with van der Waals surface area (Å²) in [6, 6.07) is 0.527. The number of imidazole rings is 1. The Morgan fingerprint density at radius 1 is 1.24 bits per heavy atom. The molecule has 0 saturated carbocycles. The topological polar surface area (TPSA) is 29.9 Å². The van der Waals surface area contributed by atoms with Crippen molar-refractivity contribution in [2.24, 2.45) is 5.92 Å². The van der Waals surface area contributed by atoms with Crippen LogP contribution in [0.3, 0.4) is 0 Å². The Labute approximate surface area is 106 Å². The standard InChI is InChI=1S/C14H27N3/c1-12(2)7-5-6-8-17-11-15-9-14(17)10-16-13(3)4/h9,11-13,16H,5-8,10H2,1-4H3. The van der Waals surface area contributed by atoms with Crippen molar-refractivity contribution in [1.82, 2.24) is 14.9 Å². The summed E-state index contributed by atoms with van der Waals surface area (Å²) in [5.74, 6) is 0.819. The molecule has 0 atom stereocenters. The lowest BCUT2D eigenvalue weighted by Gasteiger charge is -2.11. The number of aromatic nitrogens is 2. The summed E-state index contributed by atoms with van der Waals surface area (Å²) in [6.07, 6.45) is 7.81. The van der Waals surface area contributed by atoms with Gasteiger partial charge in [-0.2, -0.15) is 0 Å². The molecule has 1 heterocycles. The van der Waals surface area contributed by atoms with Crippen molar-refractivity contribution in [2.75, 3.05) is 0 Å². The number of unbranched alkanes of at least 4 members (excludes halogenated alkanes) is 1. The molecule has 0 bridgehead atoms. The van der Waals surface area contributed by atoms with Gasteiger partial charge >= 0.3 is 0 Å². The molecular formula is C14H27N3. The number of nitrogens with zero attached hydrogens (tertiary/aromatic N) is 2. The molecule has 0 fully saturated rings. The highest BCUT2D eigenvalue weighted by atomic mass is 15.1. The highest BCUT2D eigenvalue weighted by Gasteiger charge is 2.03. The number of rotatable bonds is 8. The van der Waals surface area contributed by atoms with Crippen LogP contribution in [0, 0.1) is 5.92 Å². The fraction of sp³-hybridized carbons (Fsp3) is 0.786. The zero-order valence-corrected chi connectivity index (χ0v) is 11.7. The zero-order chi connectivity index (χ0) is 12.7. The zero-order valence-electron chi connectivity index (χ0n) is 11.7. The Morgan fingerprint density at radius 3 is 2.65 bits per heavy atom. The van der Waals surface area contributed by atoms with Crippen LogP contribution in [0.1, 0.15) is 52.7 Å². The molecule has 1 N–H and O–H groups in total. The maximum Gasteiger partial charge on any atom is 0.0948 e. The SMILES string of the molecule is CC(C)CCCCn1cncc1CNC(C)C. The van der Waals surface area contributed by atoms with Crippen molar-refractivity contribution in [3.8, 4) is 0 Å². The lowest BCUT2D eigenvalue weighted by atomic mass is 10.1. The van der Waals surface area contributed by atoms with Crippen LogP contribution in [0.25, 0.3) is 0 Å². The van der Waals surface area contributed by atoms with Crippen LogP contribution in [0.2, 0.25) is 0 Å². The highest BCUT2D eigenvalue weighted by Crippen LogP contribution is 2.08. The third-order valence-electron chi connectivity index (χ3n) is 2.92. The number of hydrogen-bond acceptors (Lipinski definition) is 2. The van der Waals surface area contributed by atoms with Gasteiger partial charge in [0.1, 0.15) is 0 Å². The molecule has 0 amide bonds. The van der Waals surface area contributed by atoms with Gasteiger partial charge in [0, 0.05) is 25.3 Å². The van der Waals surface area contributed by atoms with Crippen LogP contribution in [0.4, 0.5) is 0 Å². The van der Waals surface area contributed by atoms with E-state index in [1.165, 1.54) is 25.0 Å². The normalized spacial score (nSPS) is 11.6. The summed E-state index contributed by atoms with van der Waals surface area (Å²) in [5.41, 5.74) is 1.29. The molecule has 0 aromatic carbocycles. The minimum atomic E-state index is 0.527. The summed E-state index contributed by atoms with van der Waals surface area (Å²) in [4.78, 5) is 4.24. The van der Waals surface area contributed by atoms with Gasteiger partial charge in [-0.25, -0.2) is 4.98 Å². The van der Waals surface area contributed by atoms with E-state index in [1.54, 1.807) is 0 Å². The second-order valence-corrected chi connectivity index (χ2v) is 5.50. The van der Waals surface area contributed by atoms with Gasteiger partial charge in [0.25, 0.3) is 0 Å². The number of hydrogen-bond donors (Lipinski definition) is 1. The largest absolute Gasteiger partial charge is 0.333 e. The Bertz CT molecular complexity index is 302. The van der Waals surface area contributed by atoms with E-state index in [0.717, 1.165) is 19.0 Å². The van der Waals surface area contributed by atoms with E-state index < -0.39 is 0 Å². The molecule has 0 aliphatic carbocycles. The molecular weight excluding hydrogens is 210 g/mol. The molecule has 0 saturated heterocycles. The first kappa shape index (κ1) is 14.2. The minimum Gasteiger partial charge on any atom is -0.333 e. The first-order valence-corrected chi connectivity index (χ1v) is 6.82. The van der Waals surface area contributed by atoms with E-state index in [0.29, 0.717) is 6.04 Å². The summed E-state index contributed by atoms with van der Waals surface area (Å²) in [6.45, 7) is 10.9. The van der Waals surface area contributed by atoms with Crippen LogP contribution in [0.15, 0.2) is 12.5 Å². The molecule has 98 valence electrons. The first-order chi connectivity index (χ1) is 8.09.